The molecule has 4 rings (SSSR count). The van der Waals surface area contributed by atoms with E-state index in [2.05, 4.69) is 17.2 Å². The van der Waals surface area contributed by atoms with Crippen molar-refractivity contribution in [2.45, 2.75) is 26.2 Å². The molecule has 6 nitrogen and oxygen atoms in total. The maximum atomic E-state index is 12.8. The van der Waals surface area contributed by atoms with Crippen molar-refractivity contribution >= 4 is 45.7 Å². The Morgan fingerprint density at radius 3 is 2.67 bits per heavy atom. The average molecular weight is 424 g/mol. The molecule has 0 spiro atoms. The number of carbonyl (C=O) groups is 2. The highest BCUT2D eigenvalue weighted by molar-refractivity contribution is 6.30. The molecule has 2 heterocycles. The van der Waals surface area contributed by atoms with Crippen LogP contribution in [0.2, 0.25) is 5.02 Å². The molecule has 2 aromatic carbocycles. The number of fused-ring (bicyclic) bond motifs is 1. The fourth-order valence-corrected chi connectivity index (χ4v) is 4.01. The van der Waals surface area contributed by atoms with Crippen LogP contribution in [0.25, 0.3) is 10.9 Å². The molecule has 0 bridgehead atoms. The van der Waals surface area contributed by atoms with Crippen LogP contribution < -0.4 is 15.8 Å². The SMILES string of the molecule is CCCc1cc(=O)[nH]c2cc(NC(=O)C3CC(=O)N(c4ccc(Cl)cc4)C3)ccc12. The lowest BCUT2D eigenvalue weighted by Crippen LogP contribution is -2.28. The van der Waals surface area contributed by atoms with Gasteiger partial charge in [-0.2, -0.15) is 0 Å². The predicted molar refractivity (Wildman–Crippen MR) is 119 cm³/mol. The van der Waals surface area contributed by atoms with Gasteiger partial charge in [0.25, 0.3) is 0 Å². The van der Waals surface area contributed by atoms with Gasteiger partial charge in [0, 0.05) is 40.8 Å². The van der Waals surface area contributed by atoms with E-state index in [9.17, 15) is 14.4 Å². The van der Waals surface area contributed by atoms with Crippen molar-refractivity contribution in [3.63, 3.8) is 0 Å². The Bertz CT molecular complexity index is 1170. The summed E-state index contributed by atoms with van der Waals surface area (Å²) in [6.07, 6.45) is 1.91. The van der Waals surface area contributed by atoms with E-state index in [-0.39, 0.29) is 23.8 Å². The molecule has 30 heavy (non-hydrogen) atoms. The molecule has 1 aliphatic rings. The van der Waals surface area contributed by atoms with E-state index in [1.165, 1.54) is 0 Å². The van der Waals surface area contributed by atoms with Gasteiger partial charge in [0.15, 0.2) is 0 Å². The van der Waals surface area contributed by atoms with Crippen LogP contribution in [-0.2, 0) is 16.0 Å². The summed E-state index contributed by atoms with van der Waals surface area (Å²) in [5.74, 6) is -0.759. The number of pyridine rings is 1. The zero-order valence-electron chi connectivity index (χ0n) is 16.6. The number of halogens is 1. The van der Waals surface area contributed by atoms with Gasteiger partial charge in [0.1, 0.15) is 0 Å². The molecular formula is C23H22ClN3O3. The van der Waals surface area contributed by atoms with Gasteiger partial charge in [0.2, 0.25) is 17.4 Å². The third-order valence-corrected chi connectivity index (χ3v) is 5.60. The van der Waals surface area contributed by atoms with E-state index in [4.69, 9.17) is 11.6 Å². The minimum atomic E-state index is -0.450. The highest BCUT2D eigenvalue weighted by Gasteiger charge is 2.35. The minimum absolute atomic E-state index is 0.0930. The largest absolute Gasteiger partial charge is 0.326 e. The summed E-state index contributed by atoms with van der Waals surface area (Å²) < 4.78 is 0. The first-order chi connectivity index (χ1) is 14.4. The van der Waals surface area contributed by atoms with Crippen molar-refractivity contribution in [1.29, 1.82) is 0 Å². The van der Waals surface area contributed by atoms with E-state index >= 15 is 0 Å². The standard InChI is InChI=1S/C23H22ClN3O3/c1-2-3-14-10-21(28)26-20-12-17(6-9-19(14)20)25-23(30)15-11-22(29)27(13-15)18-7-4-16(24)5-8-18/h4-10,12,15H,2-3,11,13H2,1H3,(H,25,30)(H,26,28). The Morgan fingerprint density at radius 2 is 1.93 bits per heavy atom. The number of benzene rings is 2. The smallest absolute Gasteiger partial charge is 0.248 e. The number of nitrogens with one attached hydrogen (secondary N) is 2. The van der Waals surface area contributed by atoms with Crippen LogP contribution in [0, 0.1) is 5.92 Å². The number of nitrogens with zero attached hydrogens (tertiary/aromatic N) is 1. The van der Waals surface area contributed by atoms with Crippen LogP contribution in [-0.4, -0.2) is 23.3 Å². The fourth-order valence-electron chi connectivity index (χ4n) is 3.88. The van der Waals surface area contributed by atoms with E-state index in [0.717, 1.165) is 29.5 Å². The van der Waals surface area contributed by atoms with Gasteiger partial charge in [-0.1, -0.05) is 31.0 Å². The molecule has 1 saturated heterocycles. The van der Waals surface area contributed by atoms with E-state index < -0.39 is 5.92 Å². The number of aromatic amines is 1. The molecule has 2 N–H and O–H groups in total. The van der Waals surface area contributed by atoms with Crippen LogP contribution in [0.1, 0.15) is 25.3 Å². The fraction of sp³-hybridized carbons (Fsp3) is 0.261. The van der Waals surface area contributed by atoms with Gasteiger partial charge in [-0.25, -0.2) is 0 Å². The van der Waals surface area contributed by atoms with Crippen molar-refractivity contribution < 1.29 is 9.59 Å². The summed E-state index contributed by atoms with van der Waals surface area (Å²) in [5, 5.41) is 4.45. The Morgan fingerprint density at radius 1 is 1.17 bits per heavy atom. The molecule has 1 aromatic heterocycles. The zero-order valence-corrected chi connectivity index (χ0v) is 17.3. The van der Waals surface area contributed by atoms with Crippen molar-refractivity contribution in [2.24, 2.45) is 5.92 Å². The maximum absolute atomic E-state index is 12.8. The second kappa shape index (κ2) is 8.32. The second-order valence-electron chi connectivity index (χ2n) is 7.54. The lowest BCUT2D eigenvalue weighted by molar-refractivity contribution is -0.122. The van der Waals surface area contributed by atoms with Gasteiger partial charge >= 0.3 is 0 Å². The first-order valence-electron chi connectivity index (χ1n) is 9.97. The summed E-state index contributed by atoms with van der Waals surface area (Å²) in [4.78, 5) is 41.6. The molecule has 3 aromatic rings. The van der Waals surface area contributed by atoms with Crippen LogP contribution in [0.15, 0.2) is 53.3 Å². The van der Waals surface area contributed by atoms with Gasteiger partial charge in [-0.15, -0.1) is 0 Å². The molecular weight excluding hydrogens is 402 g/mol. The lowest BCUT2D eigenvalue weighted by Gasteiger charge is -2.17. The Kier molecular flexibility index (Phi) is 5.59. The number of carbonyl (C=O) groups excluding carboxylic acids is 2. The number of amides is 2. The van der Waals surface area contributed by atoms with Crippen LogP contribution >= 0.6 is 11.6 Å². The Labute approximate surface area is 178 Å². The molecule has 1 atom stereocenters. The molecule has 1 aliphatic heterocycles. The minimum Gasteiger partial charge on any atom is -0.326 e. The summed E-state index contributed by atoms with van der Waals surface area (Å²) in [5.41, 5.74) is 2.85. The van der Waals surface area contributed by atoms with Gasteiger partial charge in [-0.05, 0) is 48.4 Å². The van der Waals surface area contributed by atoms with Gasteiger partial charge in [0.05, 0.1) is 11.4 Å². The Hall–Kier alpha value is -3.12. The van der Waals surface area contributed by atoms with Gasteiger partial charge < -0.3 is 15.2 Å². The monoisotopic (exact) mass is 423 g/mol. The van der Waals surface area contributed by atoms with Crippen molar-refractivity contribution in [1.82, 2.24) is 4.98 Å². The highest BCUT2D eigenvalue weighted by Crippen LogP contribution is 2.28. The zero-order chi connectivity index (χ0) is 21.3. The number of hydrogen-bond acceptors (Lipinski definition) is 3. The van der Waals surface area contributed by atoms with E-state index in [1.807, 2.05) is 12.1 Å². The number of aryl methyl sites for hydroxylation is 1. The number of hydrogen-bond donors (Lipinski definition) is 2. The Balaban J connectivity index is 1.51. The molecule has 154 valence electrons. The molecule has 0 aliphatic carbocycles. The molecule has 7 heteroatoms. The van der Waals surface area contributed by atoms with Gasteiger partial charge in [-0.3, -0.25) is 14.4 Å². The van der Waals surface area contributed by atoms with Crippen LogP contribution in [0.5, 0.6) is 0 Å². The second-order valence-corrected chi connectivity index (χ2v) is 7.98. The molecule has 0 saturated carbocycles. The summed E-state index contributed by atoms with van der Waals surface area (Å²) in [7, 11) is 0. The van der Waals surface area contributed by atoms with Crippen molar-refractivity contribution in [3.8, 4) is 0 Å². The summed E-state index contributed by atoms with van der Waals surface area (Å²) >= 11 is 5.91. The molecule has 2 amide bonds. The number of rotatable bonds is 5. The number of H-pyrrole nitrogens is 1. The van der Waals surface area contributed by atoms with Crippen LogP contribution in [0.4, 0.5) is 11.4 Å². The van der Waals surface area contributed by atoms with Crippen molar-refractivity contribution in [3.05, 3.63) is 69.5 Å². The maximum Gasteiger partial charge on any atom is 0.248 e. The predicted octanol–water partition coefficient (Wildman–Crippen LogP) is 4.13. The van der Waals surface area contributed by atoms with Crippen molar-refractivity contribution in [2.75, 3.05) is 16.8 Å². The molecule has 0 radical (unpaired) electrons. The summed E-state index contributed by atoms with van der Waals surface area (Å²) in [6.45, 7) is 2.38. The normalized spacial score (nSPS) is 16.3. The topological polar surface area (TPSA) is 82.3 Å². The quantitative estimate of drug-likeness (QED) is 0.647. The molecule has 1 fully saturated rings. The van der Waals surface area contributed by atoms with E-state index in [1.54, 1.807) is 41.3 Å². The first kappa shape index (κ1) is 20.2. The van der Waals surface area contributed by atoms with E-state index in [0.29, 0.717) is 22.8 Å². The first-order valence-corrected chi connectivity index (χ1v) is 10.3. The van der Waals surface area contributed by atoms with Crippen LogP contribution in [0.3, 0.4) is 0 Å². The third-order valence-electron chi connectivity index (χ3n) is 5.35. The summed E-state index contributed by atoms with van der Waals surface area (Å²) in [6, 6.07) is 14.1. The average Bonchev–Trinajstić information content (AvgIpc) is 3.10. The third kappa shape index (κ3) is 4.09. The number of aromatic nitrogens is 1. The molecule has 1 unspecified atom stereocenters. The lowest BCUT2D eigenvalue weighted by atomic mass is 10.0. The number of anilines is 2. The highest BCUT2D eigenvalue weighted by atomic mass is 35.5.